The van der Waals surface area contributed by atoms with Gasteiger partial charge in [-0.05, 0) is 46.8 Å². The van der Waals surface area contributed by atoms with Crippen molar-refractivity contribution in [1.82, 2.24) is 4.98 Å². The minimum atomic E-state index is -0.732. The van der Waals surface area contributed by atoms with Gasteiger partial charge < -0.3 is 15.8 Å². The molecule has 0 bridgehead atoms. The van der Waals surface area contributed by atoms with Crippen molar-refractivity contribution in [3.05, 3.63) is 23.9 Å². The lowest BCUT2D eigenvalue weighted by Crippen LogP contribution is -2.30. The topological polar surface area (TPSA) is 77.2 Å². The van der Waals surface area contributed by atoms with Gasteiger partial charge in [0.2, 0.25) is 0 Å². The fourth-order valence-corrected chi connectivity index (χ4v) is 1.59. The third-order valence-electron chi connectivity index (χ3n) is 2.50. The second kappa shape index (κ2) is 5.57. The molecule has 0 aliphatic carbocycles. The maximum Gasteiger partial charge on any atom is 0.320 e. The highest BCUT2D eigenvalue weighted by Gasteiger charge is 2.25. The molecule has 0 aliphatic heterocycles. The van der Waals surface area contributed by atoms with E-state index < -0.39 is 11.6 Å². The Morgan fingerprint density at radius 1 is 1.32 bits per heavy atom. The average molecular weight is 265 g/mol. The molecule has 19 heavy (non-hydrogen) atoms. The summed E-state index contributed by atoms with van der Waals surface area (Å²) < 4.78 is 5.29. The summed E-state index contributed by atoms with van der Waals surface area (Å²) in [6, 6.07) is 3.77. The molecular formula is C14H23N3O2. The van der Waals surface area contributed by atoms with Crippen LogP contribution < -0.4 is 11.1 Å². The van der Waals surface area contributed by atoms with Gasteiger partial charge in [-0.25, -0.2) is 4.98 Å². The van der Waals surface area contributed by atoms with E-state index in [1.807, 2.05) is 26.0 Å². The third-order valence-corrected chi connectivity index (χ3v) is 2.50. The molecule has 0 radical (unpaired) electrons. The lowest BCUT2D eigenvalue weighted by Gasteiger charge is -2.26. The molecule has 5 nitrogen and oxygen atoms in total. The van der Waals surface area contributed by atoms with E-state index in [1.165, 1.54) is 0 Å². The highest BCUT2D eigenvalue weighted by atomic mass is 16.6. The van der Waals surface area contributed by atoms with Crippen molar-refractivity contribution in [1.29, 1.82) is 0 Å². The summed E-state index contributed by atoms with van der Waals surface area (Å²) in [5.74, 6) is 0.360. The van der Waals surface area contributed by atoms with Crippen LogP contribution >= 0.6 is 0 Å². The third kappa shape index (κ3) is 4.87. The molecule has 0 aliphatic rings. The van der Waals surface area contributed by atoms with Crippen molar-refractivity contribution in [3.8, 4) is 0 Å². The Morgan fingerprint density at radius 3 is 2.37 bits per heavy atom. The van der Waals surface area contributed by atoms with Crippen LogP contribution in [-0.4, -0.2) is 23.0 Å². The maximum absolute atomic E-state index is 11.3. The van der Waals surface area contributed by atoms with E-state index in [-0.39, 0.29) is 12.1 Å². The molecule has 0 fully saturated rings. The first-order valence-corrected chi connectivity index (χ1v) is 6.31. The molecule has 1 aromatic rings. The van der Waals surface area contributed by atoms with Gasteiger partial charge >= 0.3 is 5.97 Å². The number of ether oxygens (including phenoxy) is 1. The molecule has 0 unspecified atom stereocenters. The monoisotopic (exact) mass is 265 g/mol. The van der Waals surface area contributed by atoms with Crippen molar-refractivity contribution in [2.75, 3.05) is 11.9 Å². The first kappa shape index (κ1) is 15.4. The summed E-state index contributed by atoms with van der Waals surface area (Å²) >= 11 is 0. The number of carbonyl (C=O) groups is 1. The van der Waals surface area contributed by atoms with Crippen molar-refractivity contribution in [2.45, 2.75) is 45.8 Å². The Morgan fingerprint density at radius 2 is 1.95 bits per heavy atom. The standard InChI is InChI=1S/C14H23N3O2/c1-13(2,3)17-11-7-6-10(9-16-11)14(4,5)19-12(18)8-15/h6-7,9H,8,15H2,1-5H3,(H,16,17). The van der Waals surface area contributed by atoms with Crippen molar-refractivity contribution in [2.24, 2.45) is 5.73 Å². The molecule has 1 aromatic heterocycles. The van der Waals surface area contributed by atoms with Gasteiger partial charge in [-0.2, -0.15) is 0 Å². The Bertz CT molecular complexity index is 433. The van der Waals surface area contributed by atoms with Crippen LogP contribution in [0.2, 0.25) is 0 Å². The van der Waals surface area contributed by atoms with E-state index in [9.17, 15) is 4.79 Å². The van der Waals surface area contributed by atoms with Crippen LogP contribution in [0.15, 0.2) is 18.3 Å². The molecular weight excluding hydrogens is 242 g/mol. The van der Waals surface area contributed by atoms with Crippen LogP contribution in [0.3, 0.4) is 0 Å². The number of hydrogen-bond donors (Lipinski definition) is 2. The summed E-state index contributed by atoms with van der Waals surface area (Å²) in [5, 5.41) is 3.27. The summed E-state index contributed by atoms with van der Waals surface area (Å²) in [5.41, 5.74) is 5.30. The van der Waals surface area contributed by atoms with Gasteiger partial charge in [0.15, 0.2) is 0 Å². The molecule has 1 rings (SSSR count). The number of carbonyl (C=O) groups excluding carboxylic acids is 1. The second-order valence-corrected chi connectivity index (χ2v) is 6.00. The minimum absolute atomic E-state index is 0.0456. The van der Waals surface area contributed by atoms with Crippen LogP contribution in [0.5, 0.6) is 0 Å². The van der Waals surface area contributed by atoms with E-state index in [2.05, 4.69) is 31.1 Å². The molecule has 106 valence electrons. The van der Waals surface area contributed by atoms with Gasteiger partial charge in [-0.3, -0.25) is 4.79 Å². The molecule has 5 heteroatoms. The lowest BCUT2D eigenvalue weighted by molar-refractivity contribution is -0.155. The Balaban J connectivity index is 2.83. The summed E-state index contributed by atoms with van der Waals surface area (Å²) in [4.78, 5) is 15.6. The summed E-state index contributed by atoms with van der Waals surface area (Å²) in [7, 11) is 0. The predicted octanol–water partition coefficient (Wildman–Crippen LogP) is 2.03. The van der Waals surface area contributed by atoms with Crippen LogP contribution in [0.25, 0.3) is 0 Å². The van der Waals surface area contributed by atoms with Crippen molar-refractivity contribution in [3.63, 3.8) is 0 Å². The quantitative estimate of drug-likeness (QED) is 0.814. The molecule has 0 saturated heterocycles. The number of aromatic nitrogens is 1. The fraction of sp³-hybridized carbons (Fsp3) is 0.571. The number of nitrogens with zero attached hydrogens (tertiary/aromatic N) is 1. The highest BCUT2D eigenvalue weighted by Crippen LogP contribution is 2.25. The lowest BCUT2D eigenvalue weighted by atomic mass is 10.00. The number of rotatable bonds is 4. The van der Waals surface area contributed by atoms with Crippen LogP contribution in [0, 0.1) is 0 Å². The Hall–Kier alpha value is -1.62. The first-order valence-electron chi connectivity index (χ1n) is 6.31. The summed E-state index contributed by atoms with van der Waals surface area (Å²) in [6.07, 6.45) is 1.71. The molecule has 0 aromatic carbocycles. The zero-order valence-electron chi connectivity index (χ0n) is 12.3. The smallest absolute Gasteiger partial charge is 0.320 e. The van der Waals surface area contributed by atoms with E-state index >= 15 is 0 Å². The Labute approximate surface area is 114 Å². The zero-order chi connectivity index (χ0) is 14.7. The Kier molecular flexibility index (Phi) is 4.52. The van der Waals surface area contributed by atoms with Crippen LogP contribution in [0.1, 0.15) is 40.2 Å². The molecule has 1 heterocycles. The fourth-order valence-electron chi connectivity index (χ4n) is 1.59. The SMILES string of the molecule is CC(C)(C)Nc1ccc(C(C)(C)OC(=O)CN)cn1. The number of esters is 1. The number of anilines is 1. The minimum Gasteiger partial charge on any atom is -0.454 e. The van der Waals surface area contributed by atoms with Gasteiger partial charge in [0, 0.05) is 17.3 Å². The zero-order valence-corrected chi connectivity index (χ0v) is 12.3. The number of nitrogens with one attached hydrogen (secondary N) is 1. The predicted molar refractivity (Wildman–Crippen MR) is 75.8 cm³/mol. The molecule has 0 amide bonds. The van der Waals surface area contributed by atoms with E-state index in [0.717, 1.165) is 11.4 Å². The van der Waals surface area contributed by atoms with E-state index in [4.69, 9.17) is 10.5 Å². The van der Waals surface area contributed by atoms with Crippen molar-refractivity contribution >= 4 is 11.8 Å². The van der Waals surface area contributed by atoms with Gasteiger partial charge in [0.25, 0.3) is 0 Å². The molecule has 3 N–H and O–H groups in total. The van der Waals surface area contributed by atoms with E-state index in [1.54, 1.807) is 6.20 Å². The number of hydrogen-bond acceptors (Lipinski definition) is 5. The van der Waals surface area contributed by atoms with Crippen LogP contribution in [0.4, 0.5) is 5.82 Å². The van der Waals surface area contributed by atoms with Gasteiger partial charge in [0.05, 0.1) is 6.54 Å². The van der Waals surface area contributed by atoms with Gasteiger partial charge in [-0.15, -0.1) is 0 Å². The molecule has 0 saturated carbocycles. The van der Waals surface area contributed by atoms with E-state index in [0.29, 0.717) is 0 Å². The number of pyridine rings is 1. The van der Waals surface area contributed by atoms with Crippen LogP contribution in [-0.2, 0) is 15.1 Å². The number of nitrogens with two attached hydrogens (primary N) is 1. The maximum atomic E-state index is 11.3. The molecule has 0 atom stereocenters. The normalized spacial score (nSPS) is 12.1. The summed E-state index contributed by atoms with van der Waals surface area (Å²) in [6.45, 7) is 9.70. The van der Waals surface area contributed by atoms with Gasteiger partial charge in [-0.1, -0.05) is 0 Å². The largest absolute Gasteiger partial charge is 0.454 e. The highest BCUT2D eigenvalue weighted by molar-refractivity contribution is 5.72. The average Bonchev–Trinajstić information content (AvgIpc) is 2.26. The van der Waals surface area contributed by atoms with Crippen molar-refractivity contribution < 1.29 is 9.53 Å². The van der Waals surface area contributed by atoms with Gasteiger partial charge in [0.1, 0.15) is 11.4 Å². The molecule has 0 spiro atoms. The second-order valence-electron chi connectivity index (χ2n) is 6.00. The first-order chi connectivity index (χ1) is 8.64.